The minimum absolute atomic E-state index is 0.333. The maximum atomic E-state index is 6.79. The molecule has 0 aliphatic heterocycles. The normalized spacial score (nSPS) is 16.8. The fraction of sp³-hybridized carbons (Fsp3) is 0.750. The summed E-state index contributed by atoms with van der Waals surface area (Å²) >= 11 is 0. The highest BCUT2D eigenvalue weighted by Crippen LogP contribution is 2.12. The van der Waals surface area contributed by atoms with Gasteiger partial charge in [0, 0.05) is 5.92 Å². The van der Waals surface area contributed by atoms with Crippen LogP contribution in [-0.4, -0.2) is 0 Å². The van der Waals surface area contributed by atoms with Gasteiger partial charge in [-0.15, -0.1) is 0 Å². The zero-order chi connectivity index (χ0) is 6.57. The van der Waals surface area contributed by atoms with E-state index >= 15 is 0 Å². The second-order valence-electron chi connectivity index (χ2n) is 2.32. The molecule has 0 aliphatic carbocycles. The fourth-order valence-corrected chi connectivity index (χ4v) is 0.496. The van der Waals surface area contributed by atoms with E-state index in [1.807, 2.05) is 6.92 Å². The lowest BCUT2D eigenvalue weighted by Gasteiger charge is -2.09. The lowest BCUT2D eigenvalue weighted by molar-refractivity contribution is 0.459. The van der Waals surface area contributed by atoms with E-state index in [0.29, 0.717) is 11.8 Å². The summed E-state index contributed by atoms with van der Waals surface area (Å²) in [5.41, 5.74) is 0. The van der Waals surface area contributed by atoms with E-state index in [2.05, 4.69) is 19.8 Å². The smallest absolute Gasteiger partial charge is 0.0210 e. The van der Waals surface area contributed by atoms with Gasteiger partial charge < -0.3 is 0 Å². The molecule has 0 heterocycles. The third kappa shape index (κ3) is 2.02. The molecule has 0 aromatic carbocycles. The van der Waals surface area contributed by atoms with Crippen molar-refractivity contribution in [2.45, 2.75) is 27.2 Å². The number of rotatable bonds is 2. The highest BCUT2D eigenvalue weighted by molar-refractivity contribution is 4.86. The van der Waals surface area contributed by atoms with Crippen molar-refractivity contribution in [3.63, 3.8) is 0 Å². The maximum absolute atomic E-state index is 6.79. The van der Waals surface area contributed by atoms with E-state index in [9.17, 15) is 0 Å². The Morgan fingerprint density at radius 3 is 2.12 bits per heavy atom. The van der Waals surface area contributed by atoms with Crippen LogP contribution in [0.1, 0.15) is 27.2 Å². The first-order valence-corrected chi connectivity index (χ1v) is 3.14. The predicted molar refractivity (Wildman–Crippen MR) is 35.7 cm³/mol. The lowest BCUT2D eigenvalue weighted by Crippen LogP contribution is -2.02. The molecule has 0 saturated carbocycles. The Morgan fingerprint density at radius 2 is 2.00 bits per heavy atom. The third-order valence-electron chi connectivity index (χ3n) is 1.73. The summed E-state index contributed by atoms with van der Waals surface area (Å²) in [7, 11) is 0. The molecule has 2 atom stereocenters. The fourth-order valence-electron chi connectivity index (χ4n) is 0.496. The lowest BCUT2D eigenvalue weighted by atomic mass is 9.95. The molecule has 0 fully saturated rings. The van der Waals surface area contributed by atoms with Crippen molar-refractivity contribution in [1.29, 1.82) is 0 Å². The van der Waals surface area contributed by atoms with E-state index < -0.39 is 0 Å². The summed E-state index contributed by atoms with van der Waals surface area (Å²) in [4.78, 5) is 0. The zero-order valence-corrected chi connectivity index (χ0v) is 5.86. The molecule has 0 rings (SSSR count). The average molecular weight is 109 g/mol. The Labute approximate surface area is 52.3 Å². The van der Waals surface area contributed by atoms with Crippen LogP contribution >= 0.6 is 0 Å². The van der Waals surface area contributed by atoms with Gasteiger partial charge in [0.2, 0.25) is 0 Å². The molecule has 0 amide bonds. The highest BCUT2D eigenvalue weighted by atomic mass is 14.1. The van der Waals surface area contributed by atoms with E-state index in [0.717, 1.165) is 6.42 Å². The van der Waals surface area contributed by atoms with Crippen LogP contribution in [0.3, 0.4) is 0 Å². The first-order chi connectivity index (χ1) is 3.72. The Bertz CT molecular complexity index is 86.7. The predicted octanol–water partition coefficient (Wildman–Crippen LogP) is 2.26. The monoisotopic (exact) mass is 109 g/mol. The minimum Gasteiger partial charge on any atom is -0.0857 e. The Morgan fingerprint density at radius 1 is 1.50 bits per heavy atom. The van der Waals surface area contributed by atoms with Crippen molar-refractivity contribution >= 4 is 0 Å². The molecule has 1 radical (unpaired) electrons. The van der Waals surface area contributed by atoms with Gasteiger partial charge in [-0.25, -0.2) is 0 Å². The average Bonchev–Trinajstić information content (AvgIpc) is 1.84. The minimum atomic E-state index is 0.333. The molecule has 0 nitrogen and oxygen atoms in total. The quantitative estimate of drug-likeness (QED) is 0.477. The van der Waals surface area contributed by atoms with Crippen molar-refractivity contribution in [2.24, 2.45) is 11.8 Å². The van der Waals surface area contributed by atoms with Crippen LogP contribution in [0.15, 0.2) is 0 Å². The molecule has 0 spiro atoms. The molecular formula is C8H13. The van der Waals surface area contributed by atoms with E-state index in [1.54, 1.807) is 0 Å². The van der Waals surface area contributed by atoms with E-state index in [4.69, 9.17) is 6.42 Å². The molecule has 0 saturated heterocycles. The van der Waals surface area contributed by atoms with Crippen LogP contribution < -0.4 is 0 Å². The van der Waals surface area contributed by atoms with Gasteiger partial charge in [-0.1, -0.05) is 33.1 Å². The standard InChI is InChI=1S/C8H13/c1-5-7(3)8(4)6-2/h7-8H,5H2,1,3-4H3. The van der Waals surface area contributed by atoms with Gasteiger partial charge in [0.15, 0.2) is 0 Å². The van der Waals surface area contributed by atoms with Crippen molar-refractivity contribution in [1.82, 2.24) is 0 Å². The van der Waals surface area contributed by atoms with Crippen molar-refractivity contribution in [2.75, 3.05) is 0 Å². The van der Waals surface area contributed by atoms with Crippen molar-refractivity contribution in [3.05, 3.63) is 6.42 Å². The molecular weight excluding hydrogens is 96.1 g/mol. The second-order valence-corrected chi connectivity index (χ2v) is 2.32. The summed E-state index contributed by atoms with van der Waals surface area (Å²) in [6, 6.07) is 0. The first kappa shape index (κ1) is 7.56. The van der Waals surface area contributed by atoms with Gasteiger partial charge >= 0.3 is 0 Å². The van der Waals surface area contributed by atoms with Crippen molar-refractivity contribution < 1.29 is 0 Å². The topological polar surface area (TPSA) is 0 Å². The summed E-state index contributed by atoms with van der Waals surface area (Å²) in [5, 5.41) is 0. The van der Waals surface area contributed by atoms with Crippen LogP contribution in [0, 0.1) is 24.2 Å². The maximum Gasteiger partial charge on any atom is 0.0210 e. The Balaban J connectivity index is 3.49. The molecule has 2 unspecified atom stereocenters. The van der Waals surface area contributed by atoms with Gasteiger partial charge in [0.05, 0.1) is 0 Å². The van der Waals surface area contributed by atoms with Gasteiger partial charge in [-0.2, -0.15) is 0 Å². The Hall–Kier alpha value is -0.440. The molecule has 0 N–H and O–H groups in total. The van der Waals surface area contributed by atoms with Crippen LogP contribution in [0.5, 0.6) is 0 Å². The van der Waals surface area contributed by atoms with E-state index in [1.165, 1.54) is 0 Å². The molecule has 0 aromatic heterocycles. The number of hydrogen-bond donors (Lipinski definition) is 0. The molecule has 0 aromatic rings. The molecule has 0 bridgehead atoms. The SMILES string of the molecule is [C]#CC(C)C(C)CC. The van der Waals surface area contributed by atoms with Gasteiger partial charge in [-0.3, -0.25) is 0 Å². The van der Waals surface area contributed by atoms with Gasteiger partial charge in [0.1, 0.15) is 0 Å². The summed E-state index contributed by atoms with van der Waals surface area (Å²) < 4.78 is 0. The second kappa shape index (κ2) is 3.55. The van der Waals surface area contributed by atoms with Gasteiger partial charge in [0.25, 0.3) is 0 Å². The summed E-state index contributed by atoms with van der Waals surface area (Å²) in [6.45, 7) is 6.31. The zero-order valence-electron chi connectivity index (χ0n) is 5.86. The molecule has 45 valence electrons. The van der Waals surface area contributed by atoms with Gasteiger partial charge in [-0.05, 0) is 12.3 Å². The summed E-state index contributed by atoms with van der Waals surface area (Å²) in [5.74, 6) is 3.42. The third-order valence-corrected chi connectivity index (χ3v) is 1.73. The van der Waals surface area contributed by atoms with Crippen LogP contribution in [0.4, 0.5) is 0 Å². The van der Waals surface area contributed by atoms with Crippen LogP contribution in [0.2, 0.25) is 0 Å². The highest BCUT2D eigenvalue weighted by Gasteiger charge is 2.04. The molecule has 0 heteroatoms. The van der Waals surface area contributed by atoms with Crippen LogP contribution in [-0.2, 0) is 0 Å². The Kier molecular flexibility index (Phi) is 3.35. The first-order valence-electron chi connectivity index (χ1n) is 3.14. The van der Waals surface area contributed by atoms with Crippen LogP contribution in [0.25, 0.3) is 0 Å². The number of hydrogen-bond acceptors (Lipinski definition) is 0. The van der Waals surface area contributed by atoms with Crippen molar-refractivity contribution in [3.8, 4) is 5.92 Å². The molecule has 0 aliphatic rings. The van der Waals surface area contributed by atoms with E-state index in [-0.39, 0.29) is 0 Å². The summed E-state index contributed by atoms with van der Waals surface area (Å²) in [6.07, 6.45) is 7.94. The largest absolute Gasteiger partial charge is 0.0857 e. The molecule has 8 heavy (non-hydrogen) atoms.